The van der Waals surface area contributed by atoms with E-state index in [1.54, 1.807) is 13.8 Å². The molecule has 154 valence electrons. The highest BCUT2D eigenvalue weighted by Gasteiger charge is 2.55. The van der Waals surface area contributed by atoms with Crippen LogP contribution in [-0.4, -0.2) is 44.3 Å². The lowest BCUT2D eigenvalue weighted by atomic mass is 9.83. The van der Waals surface area contributed by atoms with E-state index >= 15 is 0 Å². The van der Waals surface area contributed by atoms with E-state index in [9.17, 15) is 14.4 Å². The van der Waals surface area contributed by atoms with Crippen LogP contribution in [0.5, 0.6) is 0 Å². The molecule has 7 heteroatoms. The number of carbonyl (C=O) groups excluding carboxylic acids is 3. The molecule has 2 aromatic rings. The van der Waals surface area contributed by atoms with Crippen molar-refractivity contribution >= 4 is 28.7 Å². The largest absolute Gasteiger partial charge is 0.468 e. The van der Waals surface area contributed by atoms with Crippen LogP contribution >= 0.6 is 0 Å². The van der Waals surface area contributed by atoms with Crippen molar-refractivity contribution in [2.45, 2.75) is 25.9 Å². The lowest BCUT2D eigenvalue weighted by Crippen LogP contribution is -2.42. The number of nitrogens with one attached hydrogen (secondary N) is 1. The lowest BCUT2D eigenvalue weighted by molar-refractivity contribution is -0.162. The maximum Gasteiger partial charge on any atom is 0.323 e. The number of rotatable bonds is 6. The average Bonchev–Trinajstić information content (AvgIpc) is 3.13. The second-order valence-corrected chi connectivity index (χ2v) is 6.77. The topological polar surface area (TPSA) is 90.9 Å². The van der Waals surface area contributed by atoms with Crippen molar-refractivity contribution in [2.75, 3.05) is 20.3 Å². The summed E-state index contributed by atoms with van der Waals surface area (Å²) in [5.41, 5.74) is 0.807. The predicted molar refractivity (Wildman–Crippen MR) is 106 cm³/mol. The van der Waals surface area contributed by atoms with Gasteiger partial charge in [0.1, 0.15) is 6.04 Å². The highest BCUT2D eigenvalue weighted by atomic mass is 16.5. The standard InChI is InChI=1S/C22H25NO6/c1-4-28-20(24)16-17(21(25)29-5-2)19(22(26)27-3)23-18(16)15-12-8-10-13-9-6-7-11-14(13)15/h6-12,16-19,23H,4-5H2,1-3H3/t16-,17+,18-,19-/m0/s1. The van der Waals surface area contributed by atoms with Crippen LogP contribution in [0.1, 0.15) is 25.5 Å². The lowest BCUT2D eigenvalue weighted by Gasteiger charge is -2.23. The van der Waals surface area contributed by atoms with E-state index in [4.69, 9.17) is 14.2 Å². The fraction of sp³-hybridized carbons (Fsp3) is 0.409. The van der Waals surface area contributed by atoms with Crippen molar-refractivity contribution in [3.8, 4) is 0 Å². The van der Waals surface area contributed by atoms with Crippen LogP contribution in [0.3, 0.4) is 0 Å². The Bertz CT molecular complexity index is 906. The second-order valence-electron chi connectivity index (χ2n) is 6.77. The molecule has 1 fully saturated rings. The van der Waals surface area contributed by atoms with E-state index < -0.39 is 41.8 Å². The zero-order valence-corrected chi connectivity index (χ0v) is 16.7. The molecule has 1 aliphatic rings. The van der Waals surface area contributed by atoms with Crippen molar-refractivity contribution < 1.29 is 28.6 Å². The Kier molecular flexibility index (Phi) is 6.49. The molecular weight excluding hydrogens is 374 g/mol. The molecule has 7 nitrogen and oxygen atoms in total. The van der Waals surface area contributed by atoms with Gasteiger partial charge in [-0.25, -0.2) is 0 Å². The molecule has 0 saturated carbocycles. The van der Waals surface area contributed by atoms with Gasteiger partial charge in [-0.1, -0.05) is 42.5 Å². The van der Waals surface area contributed by atoms with Gasteiger partial charge in [0.15, 0.2) is 0 Å². The first-order valence-corrected chi connectivity index (χ1v) is 9.68. The van der Waals surface area contributed by atoms with E-state index in [1.165, 1.54) is 7.11 Å². The normalized spacial score (nSPS) is 23.6. The Morgan fingerprint density at radius 3 is 2.14 bits per heavy atom. The highest BCUT2D eigenvalue weighted by molar-refractivity contribution is 5.93. The van der Waals surface area contributed by atoms with Crippen molar-refractivity contribution in [3.63, 3.8) is 0 Å². The van der Waals surface area contributed by atoms with Crippen LogP contribution in [-0.2, 0) is 28.6 Å². The second kappa shape index (κ2) is 9.05. The third-order valence-corrected chi connectivity index (χ3v) is 5.20. The molecule has 0 amide bonds. The molecule has 0 bridgehead atoms. The van der Waals surface area contributed by atoms with Crippen LogP contribution < -0.4 is 5.32 Å². The smallest absolute Gasteiger partial charge is 0.323 e. The quantitative estimate of drug-likeness (QED) is 0.589. The van der Waals surface area contributed by atoms with E-state index in [0.29, 0.717) is 0 Å². The summed E-state index contributed by atoms with van der Waals surface area (Å²) in [6.07, 6.45) is 0. The Labute approximate surface area is 169 Å². The number of benzene rings is 2. The molecule has 29 heavy (non-hydrogen) atoms. The Morgan fingerprint density at radius 1 is 0.862 bits per heavy atom. The van der Waals surface area contributed by atoms with Gasteiger partial charge in [0.2, 0.25) is 0 Å². The number of fused-ring (bicyclic) bond motifs is 1. The summed E-state index contributed by atoms with van der Waals surface area (Å²) in [6.45, 7) is 3.67. The zero-order valence-electron chi connectivity index (χ0n) is 16.7. The maximum atomic E-state index is 12.9. The summed E-state index contributed by atoms with van der Waals surface area (Å²) < 4.78 is 15.3. The molecule has 4 atom stereocenters. The fourth-order valence-corrected chi connectivity index (χ4v) is 4.00. The molecule has 3 rings (SSSR count). The van der Waals surface area contributed by atoms with Crippen LogP contribution in [0.4, 0.5) is 0 Å². The summed E-state index contributed by atoms with van der Waals surface area (Å²) in [4.78, 5) is 38.1. The van der Waals surface area contributed by atoms with E-state index in [-0.39, 0.29) is 13.2 Å². The minimum absolute atomic E-state index is 0.137. The van der Waals surface area contributed by atoms with Gasteiger partial charge >= 0.3 is 17.9 Å². The molecule has 0 unspecified atom stereocenters. The van der Waals surface area contributed by atoms with Gasteiger partial charge in [-0.3, -0.25) is 19.7 Å². The Morgan fingerprint density at radius 2 is 1.48 bits per heavy atom. The highest BCUT2D eigenvalue weighted by Crippen LogP contribution is 2.41. The first-order valence-electron chi connectivity index (χ1n) is 9.68. The minimum atomic E-state index is -1.05. The van der Waals surface area contributed by atoms with Gasteiger partial charge in [0.25, 0.3) is 0 Å². The van der Waals surface area contributed by atoms with Crippen LogP contribution in [0.2, 0.25) is 0 Å². The Balaban J connectivity index is 2.14. The molecule has 0 aliphatic carbocycles. The van der Waals surface area contributed by atoms with Gasteiger partial charge in [-0.05, 0) is 30.2 Å². The van der Waals surface area contributed by atoms with E-state index in [2.05, 4.69) is 5.32 Å². The van der Waals surface area contributed by atoms with Crippen LogP contribution in [0, 0.1) is 11.8 Å². The molecule has 0 spiro atoms. The number of hydrogen-bond acceptors (Lipinski definition) is 7. The van der Waals surface area contributed by atoms with Crippen molar-refractivity contribution in [3.05, 3.63) is 48.0 Å². The molecule has 1 heterocycles. The molecule has 0 radical (unpaired) electrons. The molecule has 1 N–H and O–H groups in total. The third-order valence-electron chi connectivity index (χ3n) is 5.20. The monoisotopic (exact) mass is 399 g/mol. The summed E-state index contributed by atoms with van der Waals surface area (Å²) in [5.74, 6) is -3.78. The van der Waals surface area contributed by atoms with Crippen molar-refractivity contribution in [1.29, 1.82) is 0 Å². The molecule has 1 saturated heterocycles. The molecule has 1 aliphatic heterocycles. The first-order chi connectivity index (χ1) is 14.0. The van der Waals surface area contributed by atoms with Crippen LogP contribution in [0.15, 0.2) is 42.5 Å². The SMILES string of the molecule is CCOC(=O)[C@@H]1[C@H](C(=O)OCC)[C@H](c2cccc3ccccc23)N[C@@H]1C(=O)OC. The summed E-state index contributed by atoms with van der Waals surface area (Å²) >= 11 is 0. The van der Waals surface area contributed by atoms with Gasteiger partial charge in [-0.15, -0.1) is 0 Å². The van der Waals surface area contributed by atoms with Crippen molar-refractivity contribution in [2.24, 2.45) is 11.8 Å². The summed E-state index contributed by atoms with van der Waals surface area (Å²) in [6, 6.07) is 11.8. The average molecular weight is 399 g/mol. The number of carbonyl (C=O) groups is 3. The number of esters is 3. The molecule has 2 aromatic carbocycles. The van der Waals surface area contributed by atoms with Crippen molar-refractivity contribution in [1.82, 2.24) is 5.32 Å². The molecular formula is C22H25NO6. The van der Waals surface area contributed by atoms with Gasteiger partial charge < -0.3 is 14.2 Å². The van der Waals surface area contributed by atoms with E-state index in [0.717, 1.165) is 16.3 Å². The number of ether oxygens (including phenoxy) is 3. The maximum absolute atomic E-state index is 12.9. The Hall–Kier alpha value is -2.93. The fourth-order valence-electron chi connectivity index (χ4n) is 4.00. The minimum Gasteiger partial charge on any atom is -0.468 e. The summed E-state index contributed by atoms with van der Waals surface area (Å²) in [5, 5.41) is 5.07. The van der Waals surface area contributed by atoms with E-state index in [1.807, 2.05) is 42.5 Å². The predicted octanol–water partition coefficient (Wildman–Crippen LogP) is 2.38. The number of methoxy groups -OCH3 is 1. The zero-order chi connectivity index (χ0) is 21.0. The first kappa shape index (κ1) is 20.8. The van der Waals surface area contributed by atoms with Gasteiger partial charge in [0.05, 0.1) is 32.2 Å². The number of hydrogen-bond donors (Lipinski definition) is 1. The van der Waals surface area contributed by atoms with Gasteiger partial charge in [0, 0.05) is 6.04 Å². The van der Waals surface area contributed by atoms with Crippen LogP contribution in [0.25, 0.3) is 10.8 Å². The van der Waals surface area contributed by atoms with Gasteiger partial charge in [-0.2, -0.15) is 0 Å². The molecule has 0 aromatic heterocycles. The summed E-state index contributed by atoms with van der Waals surface area (Å²) in [7, 11) is 1.25. The third kappa shape index (κ3) is 3.96.